The lowest BCUT2D eigenvalue weighted by Crippen LogP contribution is -2.27. The highest BCUT2D eigenvalue weighted by molar-refractivity contribution is 7.88. The zero-order valence-electron chi connectivity index (χ0n) is 10.4. The van der Waals surface area contributed by atoms with Gasteiger partial charge in [-0.25, -0.2) is 17.1 Å². The molecule has 0 radical (unpaired) electrons. The summed E-state index contributed by atoms with van der Waals surface area (Å²) in [7, 11) is -1.93. The maximum atomic E-state index is 12.8. The van der Waals surface area contributed by atoms with Gasteiger partial charge in [-0.1, -0.05) is 12.1 Å². The monoisotopic (exact) mass is 283 g/mol. The third-order valence-electron chi connectivity index (χ3n) is 2.70. The van der Waals surface area contributed by atoms with Gasteiger partial charge in [0.15, 0.2) is 0 Å². The number of halogens is 1. The normalized spacial score (nSPS) is 11.9. The molecule has 0 fully saturated rings. The molecule has 0 unspecified atom stereocenters. The van der Waals surface area contributed by atoms with Crippen LogP contribution in [0.4, 0.5) is 4.39 Å². The number of benzene rings is 1. The Morgan fingerprint density at radius 1 is 1.26 bits per heavy atom. The zero-order valence-corrected chi connectivity index (χ0v) is 11.2. The number of nitrogens with one attached hydrogen (secondary N) is 1. The van der Waals surface area contributed by atoms with E-state index in [9.17, 15) is 12.8 Å². The van der Waals surface area contributed by atoms with Gasteiger partial charge >= 0.3 is 0 Å². The second kappa shape index (κ2) is 5.50. The third-order valence-corrected chi connectivity index (χ3v) is 4.47. The lowest BCUT2D eigenvalue weighted by atomic mass is 10.2. The van der Waals surface area contributed by atoms with Crippen molar-refractivity contribution in [2.24, 2.45) is 0 Å². The molecular formula is C12H14FN3O2S. The van der Waals surface area contributed by atoms with Crippen molar-refractivity contribution in [2.45, 2.75) is 12.3 Å². The second-order valence-corrected chi connectivity index (χ2v) is 6.32. The van der Waals surface area contributed by atoms with Gasteiger partial charge in [0.1, 0.15) is 5.82 Å². The highest BCUT2D eigenvalue weighted by Crippen LogP contribution is 2.12. The Morgan fingerprint density at radius 2 is 1.95 bits per heavy atom. The Balaban J connectivity index is 2.07. The molecule has 0 spiro atoms. The summed E-state index contributed by atoms with van der Waals surface area (Å²) < 4.78 is 38.2. The highest BCUT2D eigenvalue weighted by atomic mass is 32.2. The number of hydrogen-bond acceptors (Lipinski definition) is 3. The second-order valence-electron chi connectivity index (χ2n) is 4.25. The van der Waals surface area contributed by atoms with E-state index in [1.165, 1.54) is 35.6 Å². The summed E-state index contributed by atoms with van der Waals surface area (Å²) in [4.78, 5) is 0. The largest absolute Gasteiger partial charge is 0.285 e. The predicted octanol–water partition coefficient (Wildman–Crippen LogP) is 1.51. The van der Waals surface area contributed by atoms with E-state index in [1.807, 2.05) is 0 Å². The first-order valence-corrected chi connectivity index (χ1v) is 7.24. The van der Waals surface area contributed by atoms with Crippen molar-refractivity contribution >= 4 is 10.0 Å². The van der Waals surface area contributed by atoms with Gasteiger partial charge < -0.3 is 0 Å². The van der Waals surface area contributed by atoms with E-state index >= 15 is 0 Å². The summed E-state index contributed by atoms with van der Waals surface area (Å²) in [6.45, 7) is 0.250. The van der Waals surface area contributed by atoms with E-state index in [2.05, 4.69) is 10.2 Å². The van der Waals surface area contributed by atoms with Crippen LogP contribution in [0.2, 0.25) is 0 Å². The summed E-state index contributed by atoms with van der Waals surface area (Å²) in [5.74, 6) is -0.533. The lowest BCUT2D eigenvalue weighted by Gasteiger charge is -2.16. The quantitative estimate of drug-likeness (QED) is 0.904. The molecular weight excluding hydrogens is 269 g/mol. The molecule has 0 saturated heterocycles. The van der Waals surface area contributed by atoms with Crippen molar-refractivity contribution in [3.05, 3.63) is 53.6 Å². The van der Waals surface area contributed by atoms with Crippen molar-refractivity contribution in [3.63, 3.8) is 0 Å². The van der Waals surface area contributed by atoms with E-state index in [4.69, 9.17) is 0 Å². The number of hydrogen-bond donors (Lipinski definition) is 1. The molecule has 0 bridgehead atoms. The number of aromatic amines is 1. The van der Waals surface area contributed by atoms with Crippen molar-refractivity contribution in [3.8, 4) is 0 Å². The fourth-order valence-electron chi connectivity index (χ4n) is 1.62. The molecule has 0 amide bonds. The van der Waals surface area contributed by atoms with Crippen molar-refractivity contribution in [1.82, 2.24) is 14.5 Å². The van der Waals surface area contributed by atoms with E-state index in [0.29, 0.717) is 5.56 Å². The van der Waals surface area contributed by atoms with Crippen LogP contribution in [0.1, 0.15) is 11.1 Å². The minimum atomic E-state index is -3.43. The Hall–Kier alpha value is -1.73. The molecule has 1 heterocycles. The zero-order chi connectivity index (χ0) is 13.9. The van der Waals surface area contributed by atoms with E-state index in [1.54, 1.807) is 12.4 Å². The standard InChI is InChI=1S/C12H14FN3O2S/c1-16(8-11-6-14-15-7-11)19(17,18)9-10-2-4-12(13)5-3-10/h2-7H,8-9H2,1H3,(H,14,15). The number of sulfonamides is 1. The van der Waals surface area contributed by atoms with Crippen LogP contribution < -0.4 is 0 Å². The highest BCUT2D eigenvalue weighted by Gasteiger charge is 2.19. The molecule has 2 rings (SSSR count). The molecule has 0 aliphatic carbocycles. The average Bonchev–Trinajstić information content (AvgIpc) is 2.84. The van der Waals surface area contributed by atoms with Gasteiger partial charge in [-0.05, 0) is 17.7 Å². The van der Waals surface area contributed by atoms with Crippen LogP contribution in [-0.2, 0) is 22.3 Å². The first-order chi connectivity index (χ1) is 8.97. The topological polar surface area (TPSA) is 66.1 Å². The molecule has 102 valence electrons. The van der Waals surface area contributed by atoms with E-state index < -0.39 is 10.0 Å². The fourth-order valence-corrected chi connectivity index (χ4v) is 2.80. The summed E-state index contributed by atoms with van der Waals surface area (Å²) in [5, 5.41) is 6.39. The van der Waals surface area contributed by atoms with Crippen molar-refractivity contribution < 1.29 is 12.8 Å². The summed E-state index contributed by atoms with van der Waals surface area (Å²) in [5.41, 5.74) is 1.34. The smallest absolute Gasteiger partial charge is 0.218 e. The van der Waals surface area contributed by atoms with Crippen LogP contribution in [0.3, 0.4) is 0 Å². The summed E-state index contributed by atoms with van der Waals surface area (Å²) >= 11 is 0. The van der Waals surface area contributed by atoms with E-state index in [-0.39, 0.29) is 18.1 Å². The minimum absolute atomic E-state index is 0.151. The molecule has 0 aliphatic rings. The molecule has 1 aromatic heterocycles. The van der Waals surface area contributed by atoms with Crippen LogP contribution in [-0.4, -0.2) is 30.0 Å². The first-order valence-electron chi connectivity index (χ1n) is 5.63. The van der Waals surface area contributed by atoms with Gasteiger partial charge in [0, 0.05) is 25.4 Å². The third kappa shape index (κ3) is 3.62. The van der Waals surface area contributed by atoms with Gasteiger partial charge in [0.05, 0.1) is 11.9 Å². The van der Waals surface area contributed by atoms with Gasteiger partial charge in [-0.3, -0.25) is 5.10 Å². The minimum Gasteiger partial charge on any atom is -0.285 e. The molecule has 1 aromatic carbocycles. The van der Waals surface area contributed by atoms with Crippen LogP contribution >= 0.6 is 0 Å². The molecule has 19 heavy (non-hydrogen) atoms. The molecule has 7 heteroatoms. The van der Waals surface area contributed by atoms with Gasteiger partial charge in [0.2, 0.25) is 10.0 Å². The molecule has 5 nitrogen and oxygen atoms in total. The average molecular weight is 283 g/mol. The number of nitrogens with zero attached hydrogens (tertiary/aromatic N) is 2. The maximum Gasteiger partial charge on any atom is 0.218 e. The molecule has 0 saturated carbocycles. The molecule has 1 N–H and O–H groups in total. The maximum absolute atomic E-state index is 12.8. The van der Waals surface area contributed by atoms with Crippen LogP contribution in [0, 0.1) is 5.82 Å². The molecule has 2 aromatic rings. The lowest BCUT2D eigenvalue weighted by molar-refractivity contribution is 0.466. The van der Waals surface area contributed by atoms with E-state index in [0.717, 1.165) is 5.56 Å². The first kappa shape index (κ1) is 13.7. The molecule has 0 aliphatic heterocycles. The van der Waals surface area contributed by atoms with Crippen LogP contribution in [0.15, 0.2) is 36.7 Å². The SMILES string of the molecule is CN(Cc1cn[nH]c1)S(=O)(=O)Cc1ccc(F)cc1. The Labute approximate surface area is 111 Å². The van der Waals surface area contributed by atoms with Crippen molar-refractivity contribution in [1.29, 1.82) is 0 Å². The van der Waals surface area contributed by atoms with Crippen LogP contribution in [0.25, 0.3) is 0 Å². The Bertz CT molecular complexity index is 624. The van der Waals surface area contributed by atoms with Crippen LogP contribution in [0.5, 0.6) is 0 Å². The number of H-pyrrole nitrogens is 1. The Morgan fingerprint density at radius 3 is 2.53 bits per heavy atom. The molecule has 0 atom stereocenters. The van der Waals surface area contributed by atoms with Gasteiger partial charge in [-0.2, -0.15) is 5.10 Å². The van der Waals surface area contributed by atoms with Gasteiger partial charge in [-0.15, -0.1) is 0 Å². The van der Waals surface area contributed by atoms with Crippen molar-refractivity contribution in [2.75, 3.05) is 7.05 Å². The fraction of sp³-hybridized carbons (Fsp3) is 0.250. The summed E-state index contributed by atoms with van der Waals surface area (Å²) in [6, 6.07) is 5.44. The summed E-state index contributed by atoms with van der Waals surface area (Å²) in [6.07, 6.45) is 3.22. The Kier molecular flexibility index (Phi) is 3.96. The number of rotatable bonds is 5. The predicted molar refractivity (Wildman–Crippen MR) is 69.1 cm³/mol. The van der Waals surface area contributed by atoms with Gasteiger partial charge in [0.25, 0.3) is 0 Å². The number of aromatic nitrogens is 2.